The number of benzene rings is 1. The van der Waals surface area contributed by atoms with Gasteiger partial charge in [-0.05, 0) is 42.9 Å². The van der Waals surface area contributed by atoms with E-state index in [9.17, 15) is 0 Å². The lowest BCUT2D eigenvalue weighted by molar-refractivity contribution is 0.188. The molecule has 3 unspecified atom stereocenters. The minimum atomic E-state index is 0.0540. The van der Waals surface area contributed by atoms with Gasteiger partial charge in [0.1, 0.15) is 0 Å². The Morgan fingerprint density at radius 3 is 2.83 bits per heavy atom. The van der Waals surface area contributed by atoms with Crippen LogP contribution in [0, 0.1) is 11.8 Å². The van der Waals surface area contributed by atoms with Gasteiger partial charge in [-0.15, -0.1) is 0 Å². The number of rotatable bonds is 3. The van der Waals surface area contributed by atoms with E-state index in [1.54, 1.807) is 0 Å². The number of nitrogens with two attached hydrogens (primary N) is 1. The monoisotopic (exact) mass is 310 g/mol. The average molecular weight is 311 g/mol. The van der Waals surface area contributed by atoms with E-state index >= 15 is 0 Å². The van der Waals surface area contributed by atoms with Crippen molar-refractivity contribution in [2.24, 2.45) is 17.6 Å². The van der Waals surface area contributed by atoms with Crippen LogP contribution >= 0.6 is 15.9 Å². The summed E-state index contributed by atoms with van der Waals surface area (Å²) in [6.07, 6.45) is 3.75. The fourth-order valence-electron chi connectivity index (χ4n) is 3.10. The first-order valence-electron chi connectivity index (χ1n) is 6.79. The third-order valence-corrected chi connectivity index (χ3v) is 4.82. The molecule has 2 nitrogen and oxygen atoms in total. The lowest BCUT2D eigenvalue weighted by atomic mass is 9.69. The van der Waals surface area contributed by atoms with Crippen molar-refractivity contribution in [1.29, 1.82) is 0 Å². The highest BCUT2D eigenvalue weighted by Crippen LogP contribution is 2.38. The zero-order chi connectivity index (χ0) is 13.2. The Balaban J connectivity index is 2.21. The third kappa shape index (κ3) is 2.89. The van der Waals surface area contributed by atoms with Crippen LogP contribution in [-0.2, 0) is 0 Å². The number of anilines is 1. The van der Waals surface area contributed by atoms with E-state index in [1.807, 2.05) is 6.07 Å². The molecule has 18 heavy (non-hydrogen) atoms. The highest BCUT2D eigenvalue weighted by molar-refractivity contribution is 9.10. The lowest BCUT2D eigenvalue weighted by Gasteiger charge is -2.45. The smallest absolute Gasteiger partial charge is 0.0523 e. The van der Waals surface area contributed by atoms with Crippen LogP contribution in [0.4, 0.5) is 5.69 Å². The zero-order valence-electron chi connectivity index (χ0n) is 11.2. The second kappa shape index (κ2) is 5.62. The van der Waals surface area contributed by atoms with E-state index in [1.165, 1.54) is 12.8 Å². The van der Waals surface area contributed by atoms with Crippen LogP contribution in [0.15, 0.2) is 28.7 Å². The Hall–Kier alpha value is -0.540. The molecule has 0 radical (unpaired) electrons. The van der Waals surface area contributed by atoms with Gasteiger partial charge in [-0.3, -0.25) is 0 Å². The summed E-state index contributed by atoms with van der Waals surface area (Å²) in [5.41, 5.74) is 7.32. The molecule has 0 amide bonds. The van der Waals surface area contributed by atoms with Crippen LogP contribution in [-0.4, -0.2) is 12.1 Å². The van der Waals surface area contributed by atoms with Crippen LogP contribution in [0.2, 0.25) is 0 Å². The molecule has 1 saturated carbocycles. The van der Waals surface area contributed by atoms with Gasteiger partial charge in [0.25, 0.3) is 0 Å². The summed E-state index contributed by atoms with van der Waals surface area (Å²) < 4.78 is 1.11. The van der Waals surface area contributed by atoms with Crippen molar-refractivity contribution in [3.8, 4) is 0 Å². The molecule has 1 aromatic rings. The molecule has 1 fully saturated rings. The topological polar surface area (TPSA) is 38.0 Å². The van der Waals surface area contributed by atoms with Crippen molar-refractivity contribution >= 4 is 21.6 Å². The van der Waals surface area contributed by atoms with Crippen molar-refractivity contribution < 1.29 is 0 Å². The van der Waals surface area contributed by atoms with E-state index in [2.05, 4.69) is 53.3 Å². The molecule has 100 valence electrons. The standard InChI is InChI=1S/C15H23BrN2/c1-11-6-7-12(2)15(9-11,10-17)18-14-5-3-4-13(16)8-14/h3-5,8,11-12,18H,6-7,9-10,17H2,1-2H3. The van der Waals surface area contributed by atoms with E-state index in [4.69, 9.17) is 5.73 Å². The van der Waals surface area contributed by atoms with Gasteiger partial charge in [0.05, 0.1) is 5.54 Å². The summed E-state index contributed by atoms with van der Waals surface area (Å²) in [5, 5.41) is 3.71. The van der Waals surface area contributed by atoms with Gasteiger partial charge in [-0.25, -0.2) is 0 Å². The summed E-state index contributed by atoms with van der Waals surface area (Å²) in [5.74, 6) is 1.38. The van der Waals surface area contributed by atoms with Crippen LogP contribution in [0.1, 0.15) is 33.1 Å². The molecular formula is C15H23BrN2. The first-order valence-corrected chi connectivity index (χ1v) is 7.59. The molecule has 3 heteroatoms. The van der Waals surface area contributed by atoms with Gasteiger partial charge in [0.2, 0.25) is 0 Å². The molecule has 0 aliphatic heterocycles. The quantitative estimate of drug-likeness (QED) is 0.885. The molecule has 0 saturated heterocycles. The molecule has 1 aromatic carbocycles. The first-order chi connectivity index (χ1) is 8.55. The number of halogens is 1. The fourth-order valence-corrected chi connectivity index (χ4v) is 3.50. The minimum Gasteiger partial charge on any atom is -0.378 e. The number of hydrogen-bond donors (Lipinski definition) is 2. The van der Waals surface area contributed by atoms with Crippen LogP contribution in [0.25, 0.3) is 0 Å². The maximum atomic E-state index is 6.10. The van der Waals surface area contributed by atoms with E-state index in [-0.39, 0.29) is 5.54 Å². The zero-order valence-corrected chi connectivity index (χ0v) is 12.8. The van der Waals surface area contributed by atoms with E-state index in [0.29, 0.717) is 12.5 Å². The third-order valence-electron chi connectivity index (χ3n) is 4.33. The van der Waals surface area contributed by atoms with Gasteiger partial charge in [0.15, 0.2) is 0 Å². The van der Waals surface area contributed by atoms with Crippen molar-refractivity contribution in [3.05, 3.63) is 28.7 Å². The summed E-state index contributed by atoms with van der Waals surface area (Å²) in [7, 11) is 0. The molecule has 1 aliphatic carbocycles. The van der Waals surface area contributed by atoms with Gasteiger partial charge < -0.3 is 11.1 Å². The number of hydrogen-bond acceptors (Lipinski definition) is 2. The molecule has 0 aromatic heterocycles. The van der Waals surface area contributed by atoms with Crippen molar-refractivity contribution in [1.82, 2.24) is 0 Å². The lowest BCUT2D eigenvalue weighted by Crippen LogP contribution is -2.54. The second-order valence-corrected chi connectivity index (χ2v) is 6.70. The fraction of sp³-hybridized carbons (Fsp3) is 0.600. The SMILES string of the molecule is CC1CCC(C)C(CN)(Nc2cccc(Br)c2)C1. The average Bonchev–Trinajstić information content (AvgIpc) is 2.34. The molecular weight excluding hydrogens is 288 g/mol. The maximum absolute atomic E-state index is 6.10. The highest BCUT2D eigenvalue weighted by Gasteiger charge is 2.39. The molecule has 0 spiro atoms. The Morgan fingerprint density at radius 1 is 1.39 bits per heavy atom. The number of nitrogens with one attached hydrogen (secondary N) is 1. The molecule has 2 rings (SSSR count). The van der Waals surface area contributed by atoms with Gasteiger partial charge in [-0.1, -0.05) is 42.3 Å². The summed E-state index contributed by atoms with van der Waals surface area (Å²) in [4.78, 5) is 0. The second-order valence-electron chi connectivity index (χ2n) is 5.78. The molecule has 3 atom stereocenters. The van der Waals surface area contributed by atoms with Crippen LogP contribution in [0.5, 0.6) is 0 Å². The molecule has 0 heterocycles. The Morgan fingerprint density at radius 2 is 2.17 bits per heavy atom. The largest absolute Gasteiger partial charge is 0.378 e. The normalized spacial score (nSPS) is 32.2. The van der Waals surface area contributed by atoms with Crippen LogP contribution < -0.4 is 11.1 Å². The molecule has 3 N–H and O–H groups in total. The Bertz CT molecular complexity index is 407. The van der Waals surface area contributed by atoms with Crippen molar-refractivity contribution in [2.45, 2.75) is 38.6 Å². The Labute approximate surface area is 118 Å². The van der Waals surface area contributed by atoms with Gasteiger partial charge in [-0.2, -0.15) is 0 Å². The predicted molar refractivity (Wildman–Crippen MR) is 81.7 cm³/mol. The first kappa shape index (κ1) is 13.9. The molecule has 1 aliphatic rings. The van der Waals surface area contributed by atoms with Crippen LogP contribution in [0.3, 0.4) is 0 Å². The summed E-state index contributed by atoms with van der Waals surface area (Å²) in [6.45, 7) is 5.35. The summed E-state index contributed by atoms with van der Waals surface area (Å²) in [6, 6.07) is 8.36. The highest BCUT2D eigenvalue weighted by atomic mass is 79.9. The van der Waals surface area contributed by atoms with Crippen molar-refractivity contribution in [3.63, 3.8) is 0 Å². The molecule has 0 bridgehead atoms. The minimum absolute atomic E-state index is 0.0540. The predicted octanol–water partition coefficient (Wildman–Crippen LogP) is 4.01. The maximum Gasteiger partial charge on any atom is 0.0523 e. The van der Waals surface area contributed by atoms with E-state index in [0.717, 1.165) is 22.5 Å². The van der Waals surface area contributed by atoms with Gasteiger partial charge >= 0.3 is 0 Å². The van der Waals surface area contributed by atoms with Crippen molar-refractivity contribution in [2.75, 3.05) is 11.9 Å². The van der Waals surface area contributed by atoms with E-state index < -0.39 is 0 Å². The Kier molecular flexibility index (Phi) is 4.33. The summed E-state index contributed by atoms with van der Waals surface area (Å²) >= 11 is 3.52. The van der Waals surface area contributed by atoms with Gasteiger partial charge in [0, 0.05) is 16.7 Å².